The number of carbonyl (C=O) groups excluding carboxylic acids is 1. The van der Waals surface area contributed by atoms with Crippen molar-refractivity contribution in [2.24, 2.45) is 0 Å². The second kappa shape index (κ2) is 9.86. The SMILES string of the molecule is Cc1ccc(-c2cccc(C=CC(=O)Nc3ccc(C(O)c4ccccn4)cc3)c2)cc1. The molecule has 1 heterocycles. The van der Waals surface area contributed by atoms with Gasteiger partial charge >= 0.3 is 0 Å². The first kappa shape index (κ1) is 21.2. The highest BCUT2D eigenvalue weighted by molar-refractivity contribution is 6.02. The Bertz CT molecular complexity index is 1210. The Kier molecular flexibility index (Phi) is 6.54. The maximum absolute atomic E-state index is 12.4. The largest absolute Gasteiger partial charge is 0.382 e. The van der Waals surface area contributed by atoms with Gasteiger partial charge in [0.05, 0.1) is 5.69 Å². The predicted octanol–water partition coefficient (Wildman–Crippen LogP) is 5.79. The molecule has 0 saturated carbocycles. The molecule has 4 nitrogen and oxygen atoms in total. The van der Waals surface area contributed by atoms with Gasteiger partial charge in [-0.1, -0.05) is 66.2 Å². The summed E-state index contributed by atoms with van der Waals surface area (Å²) in [5.41, 5.74) is 6.38. The summed E-state index contributed by atoms with van der Waals surface area (Å²) in [6.07, 6.45) is 4.16. The number of hydrogen-bond acceptors (Lipinski definition) is 3. The topological polar surface area (TPSA) is 62.2 Å². The summed E-state index contributed by atoms with van der Waals surface area (Å²) < 4.78 is 0. The smallest absolute Gasteiger partial charge is 0.248 e. The van der Waals surface area contributed by atoms with Crippen LogP contribution in [0.3, 0.4) is 0 Å². The van der Waals surface area contributed by atoms with Crippen LogP contribution in [0.1, 0.15) is 28.5 Å². The maximum atomic E-state index is 12.4. The van der Waals surface area contributed by atoms with E-state index in [9.17, 15) is 9.90 Å². The van der Waals surface area contributed by atoms with Crippen molar-refractivity contribution in [2.45, 2.75) is 13.0 Å². The molecule has 158 valence electrons. The van der Waals surface area contributed by atoms with Crippen LogP contribution in [0.5, 0.6) is 0 Å². The number of nitrogens with zero attached hydrogens (tertiary/aromatic N) is 1. The third-order valence-electron chi connectivity index (χ3n) is 5.16. The van der Waals surface area contributed by atoms with Gasteiger partial charge in [0.25, 0.3) is 0 Å². The van der Waals surface area contributed by atoms with Crippen LogP contribution in [0.2, 0.25) is 0 Å². The van der Waals surface area contributed by atoms with Crippen molar-refractivity contribution >= 4 is 17.7 Å². The summed E-state index contributed by atoms with van der Waals surface area (Å²) in [5, 5.41) is 13.3. The fourth-order valence-corrected chi connectivity index (χ4v) is 3.38. The standard InChI is InChI=1S/C28H24N2O2/c1-20-8-11-22(12-9-20)24-6-4-5-21(19-24)10-17-27(31)30-25-15-13-23(14-16-25)28(32)26-7-2-3-18-29-26/h2-19,28,32H,1H3,(H,30,31). The van der Waals surface area contributed by atoms with Gasteiger partial charge in [-0.15, -0.1) is 0 Å². The van der Waals surface area contributed by atoms with Crippen molar-refractivity contribution in [3.63, 3.8) is 0 Å². The summed E-state index contributed by atoms with van der Waals surface area (Å²) >= 11 is 0. The molecule has 3 aromatic carbocycles. The highest BCUT2D eigenvalue weighted by Gasteiger charge is 2.11. The van der Waals surface area contributed by atoms with Crippen molar-refractivity contribution in [1.82, 2.24) is 4.98 Å². The molecule has 0 bridgehead atoms. The first-order valence-corrected chi connectivity index (χ1v) is 10.4. The van der Waals surface area contributed by atoms with E-state index < -0.39 is 6.10 Å². The lowest BCUT2D eigenvalue weighted by Gasteiger charge is -2.11. The number of hydrogen-bond donors (Lipinski definition) is 2. The zero-order valence-electron chi connectivity index (χ0n) is 17.8. The second-order valence-corrected chi connectivity index (χ2v) is 7.59. The molecule has 4 aromatic rings. The lowest BCUT2D eigenvalue weighted by Crippen LogP contribution is -2.08. The molecule has 0 aliphatic carbocycles. The van der Waals surface area contributed by atoms with Gasteiger partial charge in [-0.05, 0) is 65.6 Å². The van der Waals surface area contributed by atoms with Crippen LogP contribution in [-0.4, -0.2) is 16.0 Å². The van der Waals surface area contributed by atoms with Gasteiger partial charge < -0.3 is 10.4 Å². The number of aromatic nitrogens is 1. The molecule has 4 rings (SSSR count). The molecule has 0 radical (unpaired) electrons. The zero-order valence-corrected chi connectivity index (χ0v) is 17.8. The highest BCUT2D eigenvalue weighted by atomic mass is 16.3. The molecule has 1 aromatic heterocycles. The molecule has 1 atom stereocenters. The molecule has 0 aliphatic rings. The predicted molar refractivity (Wildman–Crippen MR) is 129 cm³/mol. The average Bonchev–Trinajstić information content (AvgIpc) is 2.84. The molecule has 1 amide bonds. The zero-order chi connectivity index (χ0) is 22.3. The number of carbonyl (C=O) groups is 1. The molecule has 0 fully saturated rings. The lowest BCUT2D eigenvalue weighted by atomic mass is 10.0. The van der Waals surface area contributed by atoms with E-state index in [-0.39, 0.29) is 5.91 Å². The summed E-state index contributed by atoms with van der Waals surface area (Å²) in [4.78, 5) is 16.5. The minimum Gasteiger partial charge on any atom is -0.382 e. The molecule has 1 unspecified atom stereocenters. The van der Waals surface area contributed by atoms with E-state index in [1.807, 2.05) is 18.2 Å². The van der Waals surface area contributed by atoms with Crippen LogP contribution >= 0.6 is 0 Å². The normalized spacial score (nSPS) is 11.9. The number of pyridine rings is 1. The molecule has 0 aliphatic heterocycles. The summed E-state index contributed by atoms with van der Waals surface area (Å²) in [6.45, 7) is 2.07. The first-order valence-electron chi connectivity index (χ1n) is 10.4. The average molecular weight is 421 g/mol. The van der Waals surface area contributed by atoms with E-state index in [0.29, 0.717) is 16.9 Å². The van der Waals surface area contributed by atoms with Gasteiger partial charge in [0, 0.05) is 18.0 Å². The fourth-order valence-electron chi connectivity index (χ4n) is 3.38. The molecule has 2 N–H and O–H groups in total. The minimum absolute atomic E-state index is 0.219. The van der Waals surface area contributed by atoms with Crippen LogP contribution in [0.4, 0.5) is 5.69 Å². The summed E-state index contributed by atoms with van der Waals surface area (Å²) in [7, 11) is 0. The van der Waals surface area contributed by atoms with Crippen molar-refractivity contribution in [1.29, 1.82) is 0 Å². The Hall–Kier alpha value is -4.02. The number of rotatable bonds is 6. The monoisotopic (exact) mass is 420 g/mol. The summed E-state index contributed by atoms with van der Waals surface area (Å²) in [6, 6.07) is 29.0. The van der Waals surface area contributed by atoms with Crippen molar-refractivity contribution in [3.05, 3.63) is 126 Å². The van der Waals surface area contributed by atoms with E-state index in [1.165, 1.54) is 11.6 Å². The number of aryl methyl sites for hydroxylation is 1. The number of anilines is 1. The van der Waals surface area contributed by atoms with Crippen LogP contribution < -0.4 is 5.32 Å². The van der Waals surface area contributed by atoms with Crippen LogP contribution in [0, 0.1) is 6.92 Å². The van der Waals surface area contributed by atoms with Crippen molar-refractivity contribution < 1.29 is 9.90 Å². The number of amides is 1. The molecule has 32 heavy (non-hydrogen) atoms. The number of aliphatic hydroxyl groups is 1. The number of benzene rings is 3. The van der Waals surface area contributed by atoms with E-state index in [0.717, 1.165) is 16.7 Å². The van der Waals surface area contributed by atoms with E-state index in [1.54, 1.807) is 48.7 Å². The molecular formula is C28H24N2O2. The molecular weight excluding hydrogens is 396 g/mol. The Morgan fingerprint density at radius 1 is 0.906 bits per heavy atom. The van der Waals surface area contributed by atoms with E-state index in [4.69, 9.17) is 0 Å². The Labute approximate surface area is 187 Å². The van der Waals surface area contributed by atoms with Crippen LogP contribution in [0.15, 0.2) is 103 Å². The summed E-state index contributed by atoms with van der Waals surface area (Å²) in [5.74, 6) is -0.219. The Morgan fingerprint density at radius 3 is 2.41 bits per heavy atom. The maximum Gasteiger partial charge on any atom is 0.248 e. The second-order valence-electron chi connectivity index (χ2n) is 7.59. The number of nitrogens with one attached hydrogen (secondary N) is 1. The third-order valence-corrected chi connectivity index (χ3v) is 5.16. The first-order chi connectivity index (χ1) is 15.6. The van der Waals surface area contributed by atoms with Crippen molar-refractivity contribution in [3.8, 4) is 11.1 Å². The van der Waals surface area contributed by atoms with Crippen LogP contribution in [0.25, 0.3) is 17.2 Å². The fraction of sp³-hybridized carbons (Fsp3) is 0.0714. The lowest BCUT2D eigenvalue weighted by molar-refractivity contribution is -0.111. The quantitative estimate of drug-likeness (QED) is 0.388. The van der Waals surface area contributed by atoms with Gasteiger partial charge in [-0.2, -0.15) is 0 Å². The molecule has 0 saturated heterocycles. The highest BCUT2D eigenvalue weighted by Crippen LogP contribution is 2.23. The van der Waals surface area contributed by atoms with Gasteiger partial charge in [0.15, 0.2) is 0 Å². The van der Waals surface area contributed by atoms with Crippen LogP contribution in [-0.2, 0) is 4.79 Å². The van der Waals surface area contributed by atoms with E-state index >= 15 is 0 Å². The van der Waals surface area contributed by atoms with Gasteiger partial charge in [-0.3, -0.25) is 9.78 Å². The van der Waals surface area contributed by atoms with Gasteiger partial charge in [0.1, 0.15) is 6.10 Å². The number of aliphatic hydroxyl groups excluding tert-OH is 1. The minimum atomic E-state index is -0.804. The van der Waals surface area contributed by atoms with E-state index in [2.05, 4.69) is 53.6 Å². The Morgan fingerprint density at radius 2 is 1.69 bits per heavy atom. The van der Waals surface area contributed by atoms with Crippen molar-refractivity contribution in [2.75, 3.05) is 5.32 Å². The molecule has 4 heteroatoms. The third kappa shape index (κ3) is 5.36. The Balaban J connectivity index is 1.39. The molecule has 0 spiro atoms. The van der Waals surface area contributed by atoms with Gasteiger partial charge in [-0.25, -0.2) is 0 Å². The van der Waals surface area contributed by atoms with Gasteiger partial charge in [0.2, 0.25) is 5.91 Å².